The molecule has 0 fully saturated rings. The monoisotopic (exact) mass is 356 g/mol. The topological polar surface area (TPSA) is 69.6 Å². The number of amides is 2. The lowest BCUT2D eigenvalue weighted by Gasteiger charge is -2.16. The Morgan fingerprint density at radius 3 is 2.65 bits per heavy atom. The highest BCUT2D eigenvalue weighted by molar-refractivity contribution is 5.98. The number of hydrogen-bond donors (Lipinski definition) is 2. The molecule has 0 spiro atoms. The highest BCUT2D eigenvalue weighted by atomic mass is 19.1. The Balaban J connectivity index is 1.64. The number of aliphatic hydroxyl groups is 1. The van der Waals surface area contributed by atoms with Crippen molar-refractivity contribution in [1.29, 1.82) is 0 Å². The molecule has 1 unspecified atom stereocenters. The predicted molar refractivity (Wildman–Crippen MR) is 96.5 cm³/mol. The molecule has 0 bridgehead atoms. The average molecular weight is 356 g/mol. The molecule has 2 aromatic carbocycles. The van der Waals surface area contributed by atoms with Gasteiger partial charge in [-0.2, -0.15) is 0 Å². The SMILES string of the molecule is CCC(=O)N1CCc2cc(C(=O)NCC(O)c3ccc(F)cc3)ccc21. The van der Waals surface area contributed by atoms with E-state index in [0.29, 0.717) is 24.1 Å². The Hall–Kier alpha value is -2.73. The smallest absolute Gasteiger partial charge is 0.251 e. The first-order chi connectivity index (χ1) is 12.5. The first kappa shape index (κ1) is 18.1. The van der Waals surface area contributed by atoms with E-state index in [1.807, 2.05) is 6.92 Å². The van der Waals surface area contributed by atoms with Crippen LogP contribution in [0.2, 0.25) is 0 Å². The van der Waals surface area contributed by atoms with Crippen molar-refractivity contribution in [2.75, 3.05) is 18.0 Å². The summed E-state index contributed by atoms with van der Waals surface area (Å²) in [6.07, 6.45) is 0.259. The van der Waals surface area contributed by atoms with Crippen LogP contribution in [0.1, 0.15) is 40.9 Å². The molecule has 3 rings (SSSR count). The van der Waals surface area contributed by atoms with Gasteiger partial charge in [0.05, 0.1) is 6.10 Å². The van der Waals surface area contributed by atoms with Crippen molar-refractivity contribution in [3.05, 3.63) is 65.0 Å². The van der Waals surface area contributed by atoms with Crippen LogP contribution in [-0.2, 0) is 11.2 Å². The lowest BCUT2D eigenvalue weighted by Crippen LogP contribution is -2.29. The summed E-state index contributed by atoms with van der Waals surface area (Å²) in [5, 5.41) is 12.8. The van der Waals surface area contributed by atoms with Gasteiger partial charge in [-0.3, -0.25) is 9.59 Å². The van der Waals surface area contributed by atoms with Crippen molar-refractivity contribution in [2.45, 2.75) is 25.9 Å². The van der Waals surface area contributed by atoms with Crippen LogP contribution in [0.15, 0.2) is 42.5 Å². The lowest BCUT2D eigenvalue weighted by molar-refractivity contribution is -0.118. The summed E-state index contributed by atoms with van der Waals surface area (Å²) in [4.78, 5) is 26.0. The van der Waals surface area contributed by atoms with E-state index in [1.165, 1.54) is 24.3 Å². The van der Waals surface area contributed by atoms with Gasteiger partial charge in [-0.25, -0.2) is 4.39 Å². The van der Waals surface area contributed by atoms with Gasteiger partial charge in [-0.05, 0) is 47.9 Å². The normalized spacial score (nSPS) is 14.0. The number of halogens is 1. The molecule has 1 aliphatic rings. The van der Waals surface area contributed by atoms with Crippen LogP contribution in [0, 0.1) is 5.82 Å². The first-order valence-corrected chi connectivity index (χ1v) is 8.64. The fourth-order valence-corrected chi connectivity index (χ4v) is 3.09. The molecule has 136 valence electrons. The molecular formula is C20H21FN2O3. The van der Waals surface area contributed by atoms with Crippen LogP contribution in [0.3, 0.4) is 0 Å². The quantitative estimate of drug-likeness (QED) is 0.865. The minimum absolute atomic E-state index is 0.0298. The zero-order valence-corrected chi connectivity index (χ0v) is 14.5. The summed E-state index contributed by atoms with van der Waals surface area (Å²) in [6.45, 7) is 2.49. The molecule has 2 aromatic rings. The van der Waals surface area contributed by atoms with Gasteiger partial charge >= 0.3 is 0 Å². The number of carbonyl (C=O) groups is 2. The number of fused-ring (bicyclic) bond motifs is 1. The second-order valence-corrected chi connectivity index (χ2v) is 6.27. The van der Waals surface area contributed by atoms with E-state index < -0.39 is 6.10 Å². The predicted octanol–water partition coefficient (Wildman–Crippen LogP) is 2.59. The maximum Gasteiger partial charge on any atom is 0.251 e. The van der Waals surface area contributed by atoms with Crippen LogP contribution in [-0.4, -0.2) is 30.0 Å². The van der Waals surface area contributed by atoms with Gasteiger partial charge in [-0.1, -0.05) is 19.1 Å². The minimum Gasteiger partial charge on any atom is -0.387 e. The summed E-state index contributed by atoms with van der Waals surface area (Å²) in [5.41, 5.74) is 2.86. The third-order valence-corrected chi connectivity index (χ3v) is 4.55. The molecule has 2 N–H and O–H groups in total. The lowest BCUT2D eigenvalue weighted by atomic mass is 10.1. The van der Waals surface area contributed by atoms with Gasteiger partial charge in [-0.15, -0.1) is 0 Å². The maximum absolute atomic E-state index is 12.9. The van der Waals surface area contributed by atoms with Crippen molar-refractivity contribution in [2.24, 2.45) is 0 Å². The van der Waals surface area contributed by atoms with E-state index in [1.54, 1.807) is 23.1 Å². The molecule has 1 aliphatic heterocycles. The number of nitrogens with zero attached hydrogens (tertiary/aromatic N) is 1. The van der Waals surface area contributed by atoms with Gasteiger partial charge in [0.25, 0.3) is 5.91 Å². The molecular weight excluding hydrogens is 335 g/mol. The fraction of sp³-hybridized carbons (Fsp3) is 0.300. The second-order valence-electron chi connectivity index (χ2n) is 6.27. The molecule has 0 aliphatic carbocycles. The van der Waals surface area contributed by atoms with Crippen molar-refractivity contribution in [3.63, 3.8) is 0 Å². The van der Waals surface area contributed by atoms with Gasteiger partial charge in [0.1, 0.15) is 5.82 Å². The molecule has 2 amide bonds. The molecule has 5 nitrogen and oxygen atoms in total. The summed E-state index contributed by atoms with van der Waals surface area (Å²) >= 11 is 0. The Labute approximate surface area is 151 Å². The van der Waals surface area contributed by atoms with Crippen LogP contribution < -0.4 is 10.2 Å². The Bertz CT molecular complexity index is 820. The average Bonchev–Trinajstić information content (AvgIpc) is 3.09. The highest BCUT2D eigenvalue weighted by Crippen LogP contribution is 2.29. The Morgan fingerprint density at radius 2 is 1.96 bits per heavy atom. The zero-order valence-electron chi connectivity index (χ0n) is 14.5. The van der Waals surface area contributed by atoms with Gasteiger partial charge in [0, 0.05) is 30.8 Å². The van der Waals surface area contributed by atoms with Crippen molar-refractivity contribution >= 4 is 17.5 Å². The molecule has 0 saturated carbocycles. The number of hydrogen-bond acceptors (Lipinski definition) is 3. The Kier molecular flexibility index (Phi) is 5.32. The summed E-state index contributed by atoms with van der Waals surface area (Å²) in [6, 6.07) is 10.8. The number of nitrogens with one attached hydrogen (secondary N) is 1. The second kappa shape index (κ2) is 7.66. The van der Waals surface area contributed by atoms with Crippen LogP contribution in [0.5, 0.6) is 0 Å². The molecule has 1 heterocycles. The number of aliphatic hydroxyl groups excluding tert-OH is 1. The van der Waals surface area contributed by atoms with Crippen LogP contribution in [0.4, 0.5) is 10.1 Å². The summed E-state index contributed by atoms with van der Waals surface area (Å²) < 4.78 is 12.9. The number of carbonyl (C=O) groups excluding carboxylic acids is 2. The number of benzene rings is 2. The van der Waals surface area contributed by atoms with Gasteiger partial charge in [0.2, 0.25) is 5.91 Å². The van der Waals surface area contributed by atoms with Crippen molar-refractivity contribution in [1.82, 2.24) is 5.32 Å². The van der Waals surface area contributed by atoms with Crippen LogP contribution in [0.25, 0.3) is 0 Å². The van der Waals surface area contributed by atoms with E-state index in [-0.39, 0.29) is 24.2 Å². The van der Waals surface area contributed by atoms with Gasteiger partial charge < -0.3 is 15.3 Å². The van der Waals surface area contributed by atoms with Crippen molar-refractivity contribution in [3.8, 4) is 0 Å². The number of rotatable bonds is 5. The molecule has 1 atom stereocenters. The first-order valence-electron chi connectivity index (χ1n) is 8.64. The van der Waals surface area contributed by atoms with Crippen LogP contribution >= 0.6 is 0 Å². The Morgan fingerprint density at radius 1 is 1.23 bits per heavy atom. The standard InChI is InChI=1S/C20H21FN2O3/c1-2-19(25)23-10-9-14-11-15(5-8-17(14)23)20(26)22-12-18(24)13-3-6-16(21)7-4-13/h3-8,11,18,24H,2,9-10,12H2,1H3,(H,22,26). The van der Waals surface area contributed by atoms with E-state index >= 15 is 0 Å². The summed E-state index contributed by atoms with van der Waals surface area (Å²) in [7, 11) is 0. The van der Waals surface area contributed by atoms with E-state index in [4.69, 9.17) is 0 Å². The van der Waals surface area contributed by atoms with E-state index in [0.717, 1.165) is 17.7 Å². The zero-order chi connectivity index (χ0) is 18.7. The van der Waals surface area contributed by atoms with Crippen molar-refractivity contribution < 1.29 is 19.1 Å². The van der Waals surface area contributed by atoms with E-state index in [2.05, 4.69) is 5.32 Å². The summed E-state index contributed by atoms with van der Waals surface area (Å²) in [5.74, 6) is -0.601. The fourth-order valence-electron chi connectivity index (χ4n) is 3.09. The minimum atomic E-state index is -0.911. The molecule has 6 heteroatoms. The molecule has 0 radical (unpaired) electrons. The highest BCUT2D eigenvalue weighted by Gasteiger charge is 2.24. The third kappa shape index (κ3) is 3.75. The number of anilines is 1. The molecule has 0 saturated heterocycles. The van der Waals surface area contributed by atoms with E-state index in [9.17, 15) is 19.1 Å². The third-order valence-electron chi connectivity index (χ3n) is 4.55. The molecule has 26 heavy (non-hydrogen) atoms. The maximum atomic E-state index is 12.9. The molecule has 0 aromatic heterocycles. The van der Waals surface area contributed by atoms with Gasteiger partial charge in [0.15, 0.2) is 0 Å². The largest absolute Gasteiger partial charge is 0.387 e.